The van der Waals surface area contributed by atoms with Crippen LogP contribution in [-0.2, 0) is 10.1 Å². The Balaban J connectivity index is 4.10. The van der Waals surface area contributed by atoms with Crippen LogP contribution in [0.4, 0.5) is 0 Å². The van der Waals surface area contributed by atoms with Crippen molar-refractivity contribution in [2.75, 3.05) is 5.75 Å². The van der Waals surface area contributed by atoms with Crippen molar-refractivity contribution in [3.8, 4) is 0 Å². The largest absolute Gasteiger partial charge is 0.326 e. The van der Waals surface area contributed by atoms with Crippen LogP contribution in [0.3, 0.4) is 0 Å². The molecule has 0 rings (SSSR count). The second kappa shape index (κ2) is 4.79. The molecular weight excluding hydrogens is 178 g/mol. The lowest BCUT2D eigenvalue weighted by atomic mass is 9.96. The monoisotopic (exact) mass is 195 g/mol. The predicted octanol–water partition coefficient (Wildman–Crippen LogP) is 0.638. The molecule has 0 aliphatic heterocycles. The standard InChI is InChI=1S/C7H17NO3S/c1-3-6(4-2)7(8)5-12(9,10)11/h6-7H,3-5,8H2,1-2H3,(H,9,10,11). The summed E-state index contributed by atoms with van der Waals surface area (Å²) in [4.78, 5) is 0. The number of nitrogens with two attached hydrogens (primary N) is 1. The Kier molecular flexibility index (Phi) is 4.74. The minimum absolute atomic E-state index is 0.173. The fourth-order valence-electron chi connectivity index (χ4n) is 1.27. The normalized spacial score (nSPS) is 15.1. The fraction of sp³-hybridized carbons (Fsp3) is 1.00. The van der Waals surface area contributed by atoms with Gasteiger partial charge in [0.05, 0.1) is 5.75 Å². The maximum Gasteiger partial charge on any atom is 0.266 e. The number of hydrogen-bond acceptors (Lipinski definition) is 3. The molecule has 0 aliphatic carbocycles. The summed E-state index contributed by atoms with van der Waals surface area (Å²) >= 11 is 0. The molecule has 1 atom stereocenters. The van der Waals surface area contributed by atoms with Crippen molar-refractivity contribution in [3.63, 3.8) is 0 Å². The Morgan fingerprint density at radius 1 is 1.33 bits per heavy atom. The van der Waals surface area contributed by atoms with Gasteiger partial charge in [-0.2, -0.15) is 8.42 Å². The van der Waals surface area contributed by atoms with E-state index >= 15 is 0 Å². The predicted molar refractivity (Wildman–Crippen MR) is 48.5 cm³/mol. The van der Waals surface area contributed by atoms with Gasteiger partial charge in [-0.25, -0.2) is 0 Å². The van der Waals surface area contributed by atoms with Crippen molar-refractivity contribution in [2.45, 2.75) is 32.7 Å². The molecule has 0 aromatic rings. The van der Waals surface area contributed by atoms with Gasteiger partial charge in [-0.3, -0.25) is 4.55 Å². The Morgan fingerprint density at radius 2 is 1.75 bits per heavy atom. The van der Waals surface area contributed by atoms with Crippen LogP contribution in [-0.4, -0.2) is 24.8 Å². The van der Waals surface area contributed by atoms with Gasteiger partial charge in [0.15, 0.2) is 0 Å². The van der Waals surface area contributed by atoms with Gasteiger partial charge >= 0.3 is 0 Å². The summed E-state index contributed by atoms with van der Waals surface area (Å²) in [6, 6.07) is -0.449. The second-order valence-corrected chi connectivity index (χ2v) is 4.49. The van der Waals surface area contributed by atoms with Crippen molar-refractivity contribution in [1.82, 2.24) is 0 Å². The zero-order valence-electron chi connectivity index (χ0n) is 7.53. The molecule has 0 spiro atoms. The first kappa shape index (κ1) is 11.9. The second-order valence-electron chi connectivity index (χ2n) is 2.99. The average molecular weight is 195 g/mol. The van der Waals surface area contributed by atoms with Gasteiger partial charge < -0.3 is 5.73 Å². The van der Waals surface area contributed by atoms with E-state index in [1.165, 1.54) is 0 Å². The summed E-state index contributed by atoms with van der Waals surface area (Å²) < 4.78 is 29.4. The van der Waals surface area contributed by atoms with Gasteiger partial charge in [0, 0.05) is 6.04 Å². The molecule has 0 saturated carbocycles. The molecule has 0 amide bonds. The van der Waals surface area contributed by atoms with Crippen LogP contribution in [0.15, 0.2) is 0 Å². The molecule has 0 saturated heterocycles. The minimum atomic E-state index is -3.91. The van der Waals surface area contributed by atoms with Crippen molar-refractivity contribution in [3.05, 3.63) is 0 Å². The molecule has 0 bridgehead atoms. The first-order valence-corrected chi connectivity index (χ1v) is 5.72. The van der Waals surface area contributed by atoms with Crippen LogP contribution in [0, 0.1) is 5.92 Å². The highest BCUT2D eigenvalue weighted by atomic mass is 32.2. The molecule has 5 heteroatoms. The third-order valence-corrected chi connectivity index (χ3v) is 2.86. The van der Waals surface area contributed by atoms with Crippen LogP contribution in [0.2, 0.25) is 0 Å². The van der Waals surface area contributed by atoms with E-state index < -0.39 is 16.2 Å². The molecule has 0 fully saturated rings. The van der Waals surface area contributed by atoms with E-state index in [-0.39, 0.29) is 11.7 Å². The van der Waals surface area contributed by atoms with E-state index in [9.17, 15) is 8.42 Å². The van der Waals surface area contributed by atoms with Gasteiger partial charge in [-0.05, 0) is 5.92 Å². The highest BCUT2D eigenvalue weighted by molar-refractivity contribution is 7.85. The third kappa shape index (κ3) is 4.69. The lowest BCUT2D eigenvalue weighted by Crippen LogP contribution is -2.36. The molecule has 12 heavy (non-hydrogen) atoms. The zero-order chi connectivity index (χ0) is 9.78. The third-order valence-electron chi connectivity index (χ3n) is 2.06. The van der Waals surface area contributed by atoms with E-state index in [1.807, 2.05) is 13.8 Å². The summed E-state index contributed by atoms with van der Waals surface area (Å²) in [5, 5.41) is 0. The Bertz CT molecular complexity index is 209. The first-order chi connectivity index (χ1) is 5.40. The number of rotatable bonds is 5. The Hall–Kier alpha value is -0.130. The summed E-state index contributed by atoms with van der Waals surface area (Å²) in [6.45, 7) is 3.91. The number of hydrogen-bond donors (Lipinski definition) is 2. The summed E-state index contributed by atoms with van der Waals surface area (Å²) in [6.07, 6.45) is 1.68. The minimum Gasteiger partial charge on any atom is -0.326 e. The lowest BCUT2D eigenvalue weighted by Gasteiger charge is -2.19. The van der Waals surface area contributed by atoms with Crippen molar-refractivity contribution < 1.29 is 13.0 Å². The zero-order valence-corrected chi connectivity index (χ0v) is 8.34. The highest BCUT2D eigenvalue weighted by Crippen LogP contribution is 2.12. The van der Waals surface area contributed by atoms with Crippen molar-refractivity contribution in [2.24, 2.45) is 11.7 Å². The van der Waals surface area contributed by atoms with Crippen LogP contribution in [0.5, 0.6) is 0 Å². The maximum absolute atomic E-state index is 10.5. The topological polar surface area (TPSA) is 80.4 Å². The highest BCUT2D eigenvalue weighted by Gasteiger charge is 2.19. The van der Waals surface area contributed by atoms with E-state index in [0.717, 1.165) is 12.8 Å². The molecule has 0 radical (unpaired) electrons. The average Bonchev–Trinajstić information content (AvgIpc) is 1.85. The van der Waals surface area contributed by atoms with E-state index in [2.05, 4.69) is 0 Å². The molecule has 74 valence electrons. The molecule has 0 aromatic carbocycles. The first-order valence-electron chi connectivity index (χ1n) is 4.11. The molecule has 0 aromatic heterocycles. The van der Waals surface area contributed by atoms with Crippen LogP contribution >= 0.6 is 0 Å². The quantitative estimate of drug-likeness (QED) is 0.631. The van der Waals surface area contributed by atoms with Gasteiger partial charge in [-0.1, -0.05) is 26.7 Å². The molecule has 1 unspecified atom stereocenters. The van der Waals surface area contributed by atoms with E-state index in [1.54, 1.807) is 0 Å². The Labute approximate surface area is 73.9 Å². The van der Waals surface area contributed by atoms with Crippen LogP contribution in [0.1, 0.15) is 26.7 Å². The van der Waals surface area contributed by atoms with E-state index in [4.69, 9.17) is 10.3 Å². The van der Waals surface area contributed by atoms with Crippen LogP contribution < -0.4 is 5.73 Å². The fourth-order valence-corrected chi connectivity index (χ4v) is 2.03. The molecule has 0 aliphatic rings. The maximum atomic E-state index is 10.5. The van der Waals surface area contributed by atoms with Gasteiger partial charge in [0.25, 0.3) is 10.1 Å². The van der Waals surface area contributed by atoms with Gasteiger partial charge in [-0.15, -0.1) is 0 Å². The molecule has 0 heterocycles. The van der Waals surface area contributed by atoms with E-state index in [0.29, 0.717) is 0 Å². The molecular formula is C7H17NO3S. The summed E-state index contributed by atoms with van der Waals surface area (Å²) in [5.74, 6) is -0.161. The molecule has 3 N–H and O–H groups in total. The Morgan fingerprint density at radius 3 is 2.00 bits per heavy atom. The smallest absolute Gasteiger partial charge is 0.266 e. The van der Waals surface area contributed by atoms with Gasteiger partial charge in [0.1, 0.15) is 0 Å². The summed E-state index contributed by atoms with van der Waals surface area (Å²) in [7, 11) is -3.91. The van der Waals surface area contributed by atoms with Gasteiger partial charge in [0.2, 0.25) is 0 Å². The SMILES string of the molecule is CCC(CC)C(N)CS(=O)(=O)O. The van der Waals surface area contributed by atoms with Crippen molar-refractivity contribution in [1.29, 1.82) is 0 Å². The molecule has 4 nitrogen and oxygen atoms in total. The van der Waals surface area contributed by atoms with Crippen molar-refractivity contribution >= 4 is 10.1 Å². The lowest BCUT2D eigenvalue weighted by molar-refractivity contribution is 0.403. The summed E-state index contributed by atoms with van der Waals surface area (Å²) in [5.41, 5.74) is 5.59. The van der Waals surface area contributed by atoms with Crippen LogP contribution in [0.25, 0.3) is 0 Å².